The van der Waals surface area contributed by atoms with Crippen molar-refractivity contribution in [2.24, 2.45) is 28.6 Å². The van der Waals surface area contributed by atoms with Crippen LogP contribution in [0.15, 0.2) is 11.6 Å². The minimum atomic E-state index is -1.69. The average molecular weight is 643 g/mol. The van der Waals surface area contributed by atoms with E-state index in [2.05, 4.69) is 0 Å². The van der Waals surface area contributed by atoms with Gasteiger partial charge in [-0.15, -0.1) is 0 Å². The zero-order chi connectivity index (χ0) is 33.5. The molecule has 3 saturated carbocycles. The van der Waals surface area contributed by atoms with Crippen molar-refractivity contribution in [3.8, 4) is 0 Å². The lowest BCUT2D eigenvalue weighted by Crippen LogP contribution is -2.64. The summed E-state index contributed by atoms with van der Waals surface area (Å²) in [5.74, 6) is -1.40. The lowest BCUT2D eigenvalue weighted by atomic mass is 9.45. The minimum Gasteiger partial charge on any atom is -0.394 e. The second-order valence-corrected chi connectivity index (χ2v) is 16.0. The fourth-order valence-corrected chi connectivity index (χ4v) is 9.86. The van der Waals surface area contributed by atoms with Gasteiger partial charge in [0, 0.05) is 11.3 Å². The van der Waals surface area contributed by atoms with E-state index in [9.17, 15) is 50.8 Å². The molecule has 0 aromatic rings. The summed E-state index contributed by atoms with van der Waals surface area (Å²) in [6, 6.07) is 0. The smallest absolute Gasteiger partial charge is 0.187 e. The SMILES string of the molecule is CC(C)(O)CC[C@@H](O[C@@H]1O[C@H](CO)[C@@H](O)[C@H](O)[C@H]1O)[C@@](C)(O)[C@H]1CC[C@@]2(O)C3=CC(=O)[C@@H]4C[C@@H](O)[C@@H](O)C[C@]4(C)[C@H]3CC[C@]12C. The number of hydrogen-bond donors (Lipinski definition) is 9. The molecule has 0 aromatic heterocycles. The Hall–Kier alpha value is -1.03. The summed E-state index contributed by atoms with van der Waals surface area (Å²) < 4.78 is 11.8. The van der Waals surface area contributed by atoms with Gasteiger partial charge in [0.15, 0.2) is 12.1 Å². The van der Waals surface area contributed by atoms with Gasteiger partial charge in [-0.2, -0.15) is 0 Å². The maximum Gasteiger partial charge on any atom is 0.187 e. The van der Waals surface area contributed by atoms with E-state index < -0.39 is 95.1 Å². The summed E-state index contributed by atoms with van der Waals surface area (Å²) >= 11 is 0. The van der Waals surface area contributed by atoms with Crippen LogP contribution in [0.1, 0.15) is 86.0 Å². The third-order valence-electron chi connectivity index (χ3n) is 12.6. The minimum absolute atomic E-state index is 0.111. The number of aliphatic hydroxyl groups is 9. The molecule has 0 radical (unpaired) electrons. The van der Waals surface area contributed by atoms with Crippen molar-refractivity contribution in [3.63, 3.8) is 0 Å². The van der Waals surface area contributed by atoms with E-state index in [1.54, 1.807) is 26.8 Å². The Kier molecular flexibility index (Phi) is 9.28. The van der Waals surface area contributed by atoms with Crippen LogP contribution in [0.25, 0.3) is 0 Å². The quantitative estimate of drug-likeness (QED) is 0.166. The van der Waals surface area contributed by atoms with E-state index in [0.717, 1.165) is 0 Å². The van der Waals surface area contributed by atoms with Crippen LogP contribution in [0.3, 0.4) is 0 Å². The number of ether oxygens (including phenoxy) is 2. The molecule has 0 bridgehead atoms. The number of rotatable bonds is 8. The highest BCUT2D eigenvalue weighted by Crippen LogP contribution is 2.68. The van der Waals surface area contributed by atoms with Gasteiger partial charge in [0.2, 0.25) is 0 Å². The molecule has 0 aromatic carbocycles. The summed E-state index contributed by atoms with van der Waals surface area (Å²) in [6.07, 6.45) is -6.69. The van der Waals surface area contributed by atoms with Gasteiger partial charge in [0.1, 0.15) is 24.4 Å². The molecular formula is C33H54O12. The van der Waals surface area contributed by atoms with Gasteiger partial charge >= 0.3 is 0 Å². The largest absolute Gasteiger partial charge is 0.394 e. The number of allylic oxidation sites excluding steroid dienone is 1. The molecule has 9 N–H and O–H groups in total. The van der Waals surface area contributed by atoms with Crippen molar-refractivity contribution in [1.82, 2.24) is 0 Å². The van der Waals surface area contributed by atoms with Crippen molar-refractivity contribution >= 4 is 5.78 Å². The van der Waals surface area contributed by atoms with E-state index in [-0.39, 0.29) is 43.8 Å². The van der Waals surface area contributed by atoms with Crippen molar-refractivity contribution in [2.45, 2.75) is 152 Å². The van der Waals surface area contributed by atoms with Crippen molar-refractivity contribution in [3.05, 3.63) is 11.6 Å². The number of carbonyl (C=O) groups excluding carboxylic acids is 1. The van der Waals surface area contributed by atoms with Crippen molar-refractivity contribution in [1.29, 1.82) is 0 Å². The summed E-state index contributed by atoms with van der Waals surface area (Å²) in [5.41, 5.74) is -5.20. The van der Waals surface area contributed by atoms with E-state index in [0.29, 0.717) is 24.8 Å². The van der Waals surface area contributed by atoms with E-state index in [1.165, 1.54) is 0 Å². The van der Waals surface area contributed by atoms with Gasteiger partial charge in [-0.3, -0.25) is 4.79 Å². The zero-order valence-electron chi connectivity index (χ0n) is 27.0. The Bertz CT molecular complexity index is 1150. The summed E-state index contributed by atoms with van der Waals surface area (Å²) in [7, 11) is 0. The molecule has 5 aliphatic rings. The third-order valence-corrected chi connectivity index (χ3v) is 12.6. The fraction of sp³-hybridized carbons (Fsp3) is 0.909. The molecule has 0 amide bonds. The third kappa shape index (κ3) is 5.65. The highest BCUT2D eigenvalue weighted by Gasteiger charge is 2.69. The molecular weight excluding hydrogens is 588 g/mol. The van der Waals surface area contributed by atoms with Crippen molar-refractivity contribution in [2.75, 3.05) is 6.61 Å². The second kappa shape index (κ2) is 11.8. The molecule has 12 heteroatoms. The van der Waals surface area contributed by atoms with Gasteiger partial charge in [0.05, 0.1) is 41.7 Å². The molecule has 0 unspecified atom stereocenters. The Balaban J connectivity index is 1.47. The van der Waals surface area contributed by atoms with Crippen LogP contribution in [0.4, 0.5) is 0 Å². The molecule has 5 rings (SSSR count). The molecule has 1 heterocycles. The van der Waals surface area contributed by atoms with Gasteiger partial charge in [-0.1, -0.05) is 13.8 Å². The van der Waals surface area contributed by atoms with Crippen LogP contribution < -0.4 is 0 Å². The van der Waals surface area contributed by atoms with Crippen molar-refractivity contribution < 1.29 is 60.2 Å². The highest BCUT2D eigenvalue weighted by atomic mass is 16.7. The molecule has 0 spiro atoms. The van der Waals surface area contributed by atoms with E-state index in [4.69, 9.17) is 9.47 Å². The maximum atomic E-state index is 13.5. The molecule has 258 valence electrons. The van der Waals surface area contributed by atoms with Crippen LogP contribution in [0, 0.1) is 28.6 Å². The Morgan fingerprint density at radius 2 is 1.64 bits per heavy atom. The Labute approximate surface area is 264 Å². The molecule has 1 aliphatic heterocycles. The van der Waals surface area contributed by atoms with Crippen LogP contribution in [0.2, 0.25) is 0 Å². The first-order chi connectivity index (χ1) is 20.7. The van der Waals surface area contributed by atoms with Crippen LogP contribution in [0.5, 0.6) is 0 Å². The van der Waals surface area contributed by atoms with Gasteiger partial charge in [0.25, 0.3) is 0 Å². The monoisotopic (exact) mass is 642 g/mol. The summed E-state index contributed by atoms with van der Waals surface area (Å²) in [4.78, 5) is 13.5. The number of fused-ring (bicyclic) bond motifs is 5. The highest BCUT2D eigenvalue weighted by molar-refractivity contribution is 5.95. The van der Waals surface area contributed by atoms with Gasteiger partial charge in [-0.05, 0) is 101 Å². The van der Waals surface area contributed by atoms with Gasteiger partial charge < -0.3 is 55.4 Å². The summed E-state index contributed by atoms with van der Waals surface area (Å²) in [5, 5.41) is 97.6. The Morgan fingerprint density at radius 1 is 0.978 bits per heavy atom. The lowest BCUT2D eigenvalue weighted by molar-refractivity contribution is -0.328. The first-order valence-electron chi connectivity index (χ1n) is 16.5. The molecule has 45 heavy (non-hydrogen) atoms. The predicted molar refractivity (Wildman–Crippen MR) is 159 cm³/mol. The second-order valence-electron chi connectivity index (χ2n) is 16.0. The molecule has 12 nitrogen and oxygen atoms in total. The standard InChI is InChI=1S/C33H54O12/c1-29(2,41)9-8-24(45-28-27(40)26(39)25(38)22(15-34)44-28)32(5,42)23-7-11-33(43)17-12-19(35)18-13-20(36)21(37)14-30(18,3)16(17)6-10-31(23,33)4/h12,16,18,20-28,34,36-43H,6-11,13-15H2,1-5H3/t16-,18-,20+,21-,22+,23-,24+,25+,26-,27+,28-,30+,31+,32-,33+/m0/s1. The topological polar surface area (TPSA) is 218 Å². The predicted octanol–water partition coefficient (Wildman–Crippen LogP) is -0.322. The fourth-order valence-electron chi connectivity index (χ4n) is 9.86. The molecule has 4 aliphatic carbocycles. The first-order valence-corrected chi connectivity index (χ1v) is 16.5. The number of carbonyl (C=O) groups is 1. The Morgan fingerprint density at radius 3 is 2.27 bits per heavy atom. The van der Waals surface area contributed by atoms with Gasteiger partial charge in [-0.25, -0.2) is 0 Å². The first kappa shape index (κ1) is 35.3. The average Bonchev–Trinajstić information content (AvgIpc) is 3.23. The molecule has 4 fully saturated rings. The zero-order valence-corrected chi connectivity index (χ0v) is 27.0. The number of hydrogen-bond acceptors (Lipinski definition) is 12. The number of aliphatic hydroxyl groups excluding tert-OH is 6. The summed E-state index contributed by atoms with van der Waals surface area (Å²) in [6.45, 7) is 8.06. The lowest BCUT2D eigenvalue weighted by Gasteiger charge is -2.61. The molecule has 1 saturated heterocycles. The van der Waals surface area contributed by atoms with Crippen LogP contribution >= 0.6 is 0 Å². The van der Waals surface area contributed by atoms with Crippen LogP contribution in [-0.4, -0.2) is 124 Å². The van der Waals surface area contributed by atoms with E-state index >= 15 is 0 Å². The molecule has 15 atom stereocenters. The maximum absolute atomic E-state index is 13.5. The van der Waals surface area contributed by atoms with E-state index in [1.807, 2.05) is 13.8 Å². The number of ketones is 1. The van der Waals surface area contributed by atoms with Crippen LogP contribution in [-0.2, 0) is 14.3 Å². The normalized spacial score (nSPS) is 48.9.